The normalized spacial score (nSPS) is 17.3. The molecule has 0 aromatic heterocycles. The Balaban J connectivity index is 1.97. The molecule has 0 N–H and O–H groups in total. The summed E-state index contributed by atoms with van der Waals surface area (Å²) in [5.41, 5.74) is 2.06. The van der Waals surface area contributed by atoms with E-state index in [4.69, 9.17) is 0 Å². The van der Waals surface area contributed by atoms with Gasteiger partial charge in [0.2, 0.25) is 0 Å². The summed E-state index contributed by atoms with van der Waals surface area (Å²) in [5, 5.41) is 0. The second-order valence-corrected chi connectivity index (χ2v) is 5.78. The minimum absolute atomic E-state index is 0.320. The molecule has 0 atom stereocenters. The summed E-state index contributed by atoms with van der Waals surface area (Å²) >= 11 is 2.01. The van der Waals surface area contributed by atoms with Gasteiger partial charge in [0, 0.05) is 12.0 Å². The quantitative estimate of drug-likeness (QED) is 0.742. The van der Waals surface area contributed by atoms with E-state index in [1.165, 1.54) is 29.9 Å². The number of thioether (sulfide) groups is 1. The molecule has 1 aliphatic heterocycles. The van der Waals surface area contributed by atoms with Gasteiger partial charge < -0.3 is 0 Å². The second kappa shape index (κ2) is 5.53. The molecule has 1 nitrogen and oxygen atoms in total. The summed E-state index contributed by atoms with van der Waals surface area (Å²) in [6.07, 6.45) is 3.16. The Morgan fingerprint density at radius 3 is 2.81 bits per heavy atom. The molecule has 0 aliphatic carbocycles. The molecular weight excluding hydrogens is 216 g/mol. The molecule has 0 amide bonds. The Kier molecular flexibility index (Phi) is 4.05. The summed E-state index contributed by atoms with van der Waals surface area (Å²) in [6, 6.07) is 7.94. The lowest BCUT2D eigenvalue weighted by Crippen LogP contribution is -2.14. The summed E-state index contributed by atoms with van der Waals surface area (Å²) in [4.78, 5) is 12.1. The van der Waals surface area contributed by atoms with Gasteiger partial charge in [-0.05, 0) is 43.3 Å². The highest BCUT2D eigenvalue weighted by Crippen LogP contribution is 2.26. The number of hydrogen-bond donors (Lipinski definition) is 0. The molecule has 1 fully saturated rings. The van der Waals surface area contributed by atoms with Crippen molar-refractivity contribution >= 4 is 17.5 Å². The third kappa shape index (κ3) is 3.11. The van der Waals surface area contributed by atoms with Gasteiger partial charge in [0.25, 0.3) is 0 Å². The molecule has 1 saturated heterocycles. The number of aryl methyl sites for hydroxylation is 1. The minimum Gasteiger partial charge on any atom is -0.294 e. The van der Waals surface area contributed by atoms with Crippen molar-refractivity contribution in [2.45, 2.75) is 26.2 Å². The fourth-order valence-corrected chi connectivity index (χ4v) is 3.35. The maximum Gasteiger partial charge on any atom is 0.163 e. The first kappa shape index (κ1) is 11.7. The van der Waals surface area contributed by atoms with Crippen LogP contribution in [0.25, 0.3) is 0 Å². The van der Waals surface area contributed by atoms with Gasteiger partial charge in [0.05, 0.1) is 0 Å². The van der Waals surface area contributed by atoms with Crippen LogP contribution in [0.1, 0.15) is 35.2 Å². The van der Waals surface area contributed by atoms with Crippen LogP contribution in [0.2, 0.25) is 0 Å². The Bertz CT molecular complexity index is 367. The molecule has 1 aliphatic rings. The van der Waals surface area contributed by atoms with E-state index < -0.39 is 0 Å². The van der Waals surface area contributed by atoms with E-state index in [2.05, 4.69) is 0 Å². The summed E-state index contributed by atoms with van der Waals surface area (Å²) in [7, 11) is 0. The molecule has 0 spiro atoms. The van der Waals surface area contributed by atoms with E-state index in [1.807, 2.05) is 43.0 Å². The van der Waals surface area contributed by atoms with Crippen LogP contribution in [0, 0.1) is 12.8 Å². The fourth-order valence-electron chi connectivity index (χ4n) is 2.15. The number of hydrogen-bond acceptors (Lipinski definition) is 2. The Morgan fingerprint density at radius 2 is 2.12 bits per heavy atom. The van der Waals surface area contributed by atoms with Gasteiger partial charge in [-0.2, -0.15) is 11.8 Å². The predicted octanol–water partition coefficient (Wildman–Crippen LogP) is 3.71. The van der Waals surface area contributed by atoms with Crippen LogP contribution in [0.4, 0.5) is 0 Å². The average molecular weight is 234 g/mol. The SMILES string of the molecule is Cc1cccc(C(=O)CC2CCSCC2)c1. The molecule has 1 aromatic carbocycles. The Hall–Kier alpha value is -0.760. The topological polar surface area (TPSA) is 17.1 Å². The van der Waals surface area contributed by atoms with Crippen LogP contribution in [0.5, 0.6) is 0 Å². The van der Waals surface area contributed by atoms with E-state index in [0.29, 0.717) is 11.7 Å². The van der Waals surface area contributed by atoms with Crippen molar-refractivity contribution in [3.63, 3.8) is 0 Å². The van der Waals surface area contributed by atoms with Crippen molar-refractivity contribution in [3.05, 3.63) is 35.4 Å². The first-order chi connectivity index (χ1) is 7.75. The van der Waals surface area contributed by atoms with Crippen LogP contribution in [0.3, 0.4) is 0 Å². The standard InChI is InChI=1S/C14H18OS/c1-11-3-2-4-13(9-11)14(15)10-12-5-7-16-8-6-12/h2-4,9,12H,5-8,10H2,1H3. The number of Topliss-reactive ketones (excluding diaryl/α,β-unsaturated/α-hetero) is 1. The summed E-state index contributed by atoms with van der Waals surface area (Å²) in [6.45, 7) is 2.04. The van der Waals surface area contributed by atoms with Crippen molar-refractivity contribution in [2.75, 3.05) is 11.5 Å². The van der Waals surface area contributed by atoms with Crippen LogP contribution in [-0.4, -0.2) is 17.3 Å². The van der Waals surface area contributed by atoms with Gasteiger partial charge in [-0.1, -0.05) is 23.8 Å². The van der Waals surface area contributed by atoms with Gasteiger partial charge in [-0.25, -0.2) is 0 Å². The molecule has 1 aromatic rings. The van der Waals surface area contributed by atoms with Crippen molar-refractivity contribution in [1.29, 1.82) is 0 Å². The number of carbonyl (C=O) groups excluding carboxylic acids is 1. The van der Waals surface area contributed by atoms with Crippen LogP contribution in [-0.2, 0) is 0 Å². The van der Waals surface area contributed by atoms with E-state index in [-0.39, 0.29) is 0 Å². The maximum absolute atomic E-state index is 12.1. The molecule has 0 saturated carbocycles. The van der Waals surface area contributed by atoms with E-state index >= 15 is 0 Å². The van der Waals surface area contributed by atoms with Gasteiger partial charge in [0.1, 0.15) is 0 Å². The van der Waals surface area contributed by atoms with Gasteiger partial charge in [-0.3, -0.25) is 4.79 Å². The Morgan fingerprint density at radius 1 is 1.38 bits per heavy atom. The first-order valence-corrected chi connectivity index (χ1v) is 7.09. The molecule has 0 unspecified atom stereocenters. The van der Waals surface area contributed by atoms with Crippen LogP contribution >= 0.6 is 11.8 Å². The lowest BCUT2D eigenvalue weighted by atomic mass is 9.93. The molecule has 86 valence electrons. The molecule has 0 bridgehead atoms. The average Bonchev–Trinajstić information content (AvgIpc) is 2.30. The predicted molar refractivity (Wildman–Crippen MR) is 70.2 cm³/mol. The highest BCUT2D eigenvalue weighted by Gasteiger charge is 2.18. The third-order valence-electron chi connectivity index (χ3n) is 3.15. The molecule has 2 heteroatoms. The largest absolute Gasteiger partial charge is 0.294 e. The third-order valence-corrected chi connectivity index (χ3v) is 4.20. The van der Waals surface area contributed by atoms with E-state index in [9.17, 15) is 4.79 Å². The van der Waals surface area contributed by atoms with Crippen molar-refractivity contribution < 1.29 is 4.79 Å². The van der Waals surface area contributed by atoms with Crippen molar-refractivity contribution in [3.8, 4) is 0 Å². The van der Waals surface area contributed by atoms with Crippen LogP contribution in [0.15, 0.2) is 24.3 Å². The second-order valence-electron chi connectivity index (χ2n) is 4.55. The number of benzene rings is 1. The van der Waals surface area contributed by atoms with Gasteiger partial charge >= 0.3 is 0 Å². The number of rotatable bonds is 3. The summed E-state index contributed by atoms with van der Waals surface area (Å²) < 4.78 is 0. The highest BCUT2D eigenvalue weighted by atomic mass is 32.2. The number of carbonyl (C=O) groups is 1. The first-order valence-electron chi connectivity index (χ1n) is 5.93. The lowest BCUT2D eigenvalue weighted by molar-refractivity contribution is 0.0958. The maximum atomic E-state index is 12.1. The zero-order valence-corrected chi connectivity index (χ0v) is 10.6. The molecular formula is C14H18OS. The number of ketones is 1. The molecule has 16 heavy (non-hydrogen) atoms. The van der Waals surface area contributed by atoms with E-state index in [0.717, 1.165) is 12.0 Å². The molecule has 1 heterocycles. The van der Waals surface area contributed by atoms with Gasteiger partial charge in [0.15, 0.2) is 5.78 Å². The zero-order chi connectivity index (χ0) is 11.4. The Labute approximate surface area is 102 Å². The van der Waals surface area contributed by atoms with Crippen molar-refractivity contribution in [2.24, 2.45) is 5.92 Å². The highest BCUT2D eigenvalue weighted by molar-refractivity contribution is 7.99. The minimum atomic E-state index is 0.320. The smallest absolute Gasteiger partial charge is 0.163 e. The van der Waals surface area contributed by atoms with Gasteiger partial charge in [-0.15, -0.1) is 0 Å². The monoisotopic (exact) mass is 234 g/mol. The van der Waals surface area contributed by atoms with Crippen LogP contribution < -0.4 is 0 Å². The molecule has 2 rings (SSSR count). The fraction of sp³-hybridized carbons (Fsp3) is 0.500. The van der Waals surface area contributed by atoms with Crippen molar-refractivity contribution in [1.82, 2.24) is 0 Å². The molecule has 0 radical (unpaired) electrons. The zero-order valence-electron chi connectivity index (χ0n) is 9.74. The lowest BCUT2D eigenvalue weighted by Gasteiger charge is -2.20. The summed E-state index contributed by atoms with van der Waals surface area (Å²) in [5.74, 6) is 3.40. The van der Waals surface area contributed by atoms with E-state index in [1.54, 1.807) is 0 Å².